The fraction of sp³-hybridized carbons (Fsp3) is 0.885. The highest BCUT2D eigenvalue weighted by Gasteiger charge is 2.65. The summed E-state index contributed by atoms with van der Waals surface area (Å²) < 4.78 is 0. The average molecular weight is 431 g/mol. The summed E-state index contributed by atoms with van der Waals surface area (Å²) in [5.41, 5.74) is 3.49. The molecule has 0 saturated heterocycles. The predicted molar refractivity (Wildman–Crippen MR) is 122 cm³/mol. The molecule has 4 saturated carbocycles. The number of aliphatic hydroxyl groups excluding tert-OH is 2. The van der Waals surface area contributed by atoms with E-state index in [1.807, 2.05) is 0 Å². The molecule has 0 aromatic rings. The van der Waals surface area contributed by atoms with Gasteiger partial charge in [0, 0.05) is 5.92 Å². The van der Waals surface area contributed by atoms with E-state index >= 15 is 0 Å². The van der Waals surface area contributed by atoms with Crippen LogP contribution in [0.5, 0.6) is 0 Å². The molecule has 1 heterocycles. The number of hydrogen-bond acceptors (Lipinski definition) is 5. The molecule has 0 amide bonds. The molecule has 4 fully saturated rings. The van der Waals surface area contributed by atoms with E-state index in [1.54, 1.807) is 0 Å². The molecule has 3 N–H and O–H groups in total. The Bertz CT molecular complexity index is 768. The number of nitrogens with one attached hydrogen (secondary N) is 1. The highest BCUT2D eigenvalue weighted by molar-refractivity contribution is 5.85. The van der Waals surface area contributed by atoms with Gasteiger partial charge < -0.3 is 15.1 Å². The first kappa shape index (κ1) is 21.8. The Morgan fingerprint density at radius 2 is 1.81 bits per heavy atom. The number of aliphatic hydroxyl groups is 2. The van der Waals surface area contributed by atoms with Crippen LogP contribution < -0.4 is 5.48 Å². The van der Waals surface area contributed by atoms with Crippen LogP contribution in [0.15, 0.2) is 17.5 Å². The molecule has 4 aliphatic carbocycles. The lowest BCUT2D eigenvalue weighted by Crippen LogP contribution is -2.62. The van der Waals surface area contributed by atoms with Crippen LogP contribution in [0.4, 0.5) is 0 Å². The van der Waals surface area contributed by atoms with Crippen molar-refractivity contribution < 1.29 is 15.1 Å². The molecule has 5 aliphatic rings. The zero-order valence-electron chi connectivity index (χ0n) is 19.8. The largest absolute Gasteiger partial charge is 0.393 e. The van der Waals surface area contributed by atoms with Gasteiger partial charge in [-0.2, -0.15) is 4.99 Å². The Balaban J connectivity index is 1.46. The van der Waals surface area contributed by atoms with E-state index < -0.39 is 0 Å². The summed E-state index contributed by atoms with van der Waals surface area (Å²) in [6.45, 7) is 13.4. The Morgan fingerprint density at radius 1 is 1.10 bits per heavy atom. The second-order valence-electron chi connectivity index (χ2n) is 12.0. The first-order valence-electron chi connectivity index (χ1n) is 12.8. The predicted octanol–water partition coefficient (Wildman–Crippen LogP) is 4.65. The summed E-state index contributed by atoms with van der Waals surface area (Å²) in [7, 11) is 0. The van der Waals surface area contributed by atoms with Gasteiger partial charge in [0.1, 0.15) is 5.84 Å². The van der Waals surface area contributed by atoms with Crippen LogP contribution in [0, 0.1) is 52.3 Å². The van der Waals surface area contributed by atoms with Gasteiger partial charge >= 0.3 is 0 Å². The molecule has 31 heavy (non-hydrogen) atoms. The SMILES string of the molecule is C=C1N=C([C@@H](C)[C@H]2CCC3C4C(CC[C@@]32C)[C@@]2(C)CC[C@@H](O)C[C@H]2[C@@H](CC)[C@H]4O)NO1. The molecule has 11 atom stereocenters. The molecule has 0 radical (unpaired) electrons. The van der Waals surface area contributed by atoms with Crippen molar-refractivity contribution >= 4 is 5.84 Å². The molecule has 0 aromatic heterocycles. The van der Waals surface area contributed by atoms with Gasteiger partial charge in [0.05, 0.1) is 12.2 Å². The van der Waals surface area contributed by atoms with Gasteiger partial charge in [0.25, 0.3) is 0 Å². The molecule has 174 valence electrons. The topological polar surface area (TPSA) is 74.1 Å². The van der Waals surface area contributed by atoms with E-state index in [1.165, 1.54) is 25.7 Å². The maximum Gasteiger partial charge on any atom is 0.240 e. The first-order chi connectivity index (χ1) is 14.7. The minimum atomic E-state index is -0.234. The average Bonchev–Trinajstić information content (AvgIpc) is 3.32. The van der Waals surface area contributed by atoms with E-state index in [0.717, 1.165) is 31.5 Å². The standard InChI is InChI=1S/C26H42N2O3/c1-6-17-21-13-16(29)9-11-26(21,5)20-10-12-25(4)18(7-8-19(25)22(20)23(17)30)14(2)24-27-15(3)31-28-24/h14,16-23,29-30H,3,6-13H2,1-2,4-5H3,(H,27,28)/t14-,16+,17+,18+,19?,20?,21-,22?,23+,25+,26+/m0/s1. The zero-order valence-corrected chi connectivity index (χ0v) is 19.8. The highest BCUT2D eigenvalue weighted by atomic mass is 16.7. The van der Waals surface area contributed by atoms with Gasteiger partial charge in [-0.05, 0) is 97.9 Å². The Kier molecular flexibility index (Phi) is 5.25. The van der Waals surface area contributed by atoms with Gasteiger partial charge in [-0.15, -0.1) is 0 Å². The quantitative estimate of drug-likeness (QED) is 0.609. The minimum absolute atomic E-state index is 0.182. The lowest BCUT2D eigenvalue weighted by molar-refractivity contribution is -0.202. The third kappa shape index (κ3) is 3.05. The van der Waals surface area contributed by atoms with Gasteiger partial charge in [0.15, 0.2) is 0 Å². The number of rotatable bonds is 3. The van der Waals surface area contributed by atoms with Crippen LogP contribution in [0.1, 0.15) is 79.1 Å². The maximum atomic E-state index is 11.8. The summed E-state index contributed by atoms with van der Waals surface area (Å²) in [5.74, 6) is 4.54. The van der Waals surface area contributed by atoms with E-state index in [-0.39, 0.29) is 23.0 Å². The Labute approximate surface area is 187 Å². The van der Waals surface area contributed by atoms with Crippen LogP contribution in [0.3, 0.4) is 0 Å². The van der Waals surface area contributed by atoms with Crippen LogP contribution in [-0.2, 0) is 4.84 Å². The Morgan fingerprint density at radius 3 is 2.48 bits per heavy atom. The second-order valence-corrected chi connectivity index (χ2v) is 12.0. The number of nitrogens with zero attached hydrogens (tertiary/aromatic N) is 1. The lowest BCUT2D eigenvalue weighted by atomic mass is 9.41. The van der Waals surface area contributed by atoms with Crippen molar-refractivity contribution in [2.75, 3.05) is 0 Å². The highest BCUT2D eigenvalue weighted by Crippen LogP contribution is 2.69. The second kappa shape index (κ2) is 7.48. The van der Waals surface area contributed by atoms with Crippen molar-refractivity contribution in [3.63, 3.8) is 0 Å². The number of aliphatic imine (C=N–C) groups is 1. The van der Waals surface area contributed by atoms with Gasteiger partial charge in [-0.3, -0.25) is 0 Å². The molecular weight excluding hydrogens is 388 g/mol. The zero-order chi connectivity index (χ0) is 22.1. The molecule has 0 spiro atoms. The molecule has 0 aromatic carbocycles. The molecule has 1 aliphatic heterocycles. The van der Waals surface area contributed by atoms with Crippen LogP contribution in [0.25, 0.3) is 0 Å². The normalized spacial score (nSPS) is 52.3. The number of hydrogen-bond donors (Lipinski definition) is 3. The van der Waals surface area contributed by atoms with Crippen LogP contribution in [0.2, 0.25) is 0 Å². The van der Waals surface area contributed by atoms with E-state index in [4.69, 9.17) is 4.84 Å². The first-order valence-corrected chi connectivity index (χ1v) is 12.8. The van der Waals surface area contributed by atoms with Crippen LogP contribution >= 0.6 is 0 Å². The molecule has 5 nitrogen and oxygen atoms in total. The van der Waals surface area contributed by atoms with E-state index in [2.05, 4.69) is 44.7 Å². The molecule has 3 unspecified atom stereocenters. The fourth-order valence-electron chi connectivity index (χ4n) is 9.50. The lowest BCUT2D eigenvalue weighted by Gasteiger charge is -2.64. The Hall–Kier alpha value is -1.07. The van der Waals surface area contributed by atoms with Gasteiger partial charge in [-0.1, -0.05) is 34.1 Å². The maximum absolute atomic E-state index is 11.8. The van der Waals surface area contributed by atoms with Gasteiger partial charge in [-0.25, -0.2) is 5.48 Å². The molecule has 5 heteroatoms. The van der Waals surface area contributed by atoms with Gasteiger partial charge in [0.2, 0.25) is 5.88 Å². The summed E-state index contributed by atoms with van der Waals surface area (Å²) >= 11 is 0. The van der Waals surface area contributed by atoms with Crippen molar-refractivity contribution in [2.24, 2.45) is 57.2 Å². The van der Waals surface area contributed by atoms with Crippen molar-refractivity contribution in [1.82, 2.24) is 5.48 Å². The van der Waals surface area contributed by atoms with E-state index in [0.29, 0.717) is 47.3 Å². The van der Waals surface area contributed by atoms with Crippen molar-refractivity contribution in [2.45, 2.75) is 91.3 Å². The summed E-state index contributed by atoms with van der Waals surface area (Å²) in [6.07, 6.45) is 8.37. The summed E-state index contributed by atoms with van der Waals surface area (Å²) in [4.78, 5) is 9.83. The minimum Gasteiger partial charge on any atom is -0.393 e. The number of hydroxylamine groups is 1. The fourth-order valence-corrected chi connectivity index (χ4v) is 9.50. The van der Waals surface area contributed by atoms with Crippen molar-refractivity contribution in [3.05, 3.63) is 12.5 Å². The van der Waals surface area contributed by atoms with Crippen molar-refractivity contribution in [1.29, 1.82) is 0 Å². The molecular formula is C26H42N2O3. The van der Waals surface area contributed by atoms with Crippen molar-refractivity contribution in [3.8, 4) is 0 Å². The third-order valence-corrected chi connectivity index (χ3v) is 11.0. The monoisotopic (exact) mass is 430 g/mol. The smallest absolute Gasteiger partial charge is 0.240 e. The number of amidine groups is 1. The van der Waals surface area contributed by atoms with E-state index in [9.17, 15) is 10.2 Å². The summed E-state index contributed by atoms with van der Waals surface area (Å²) in [6, 6.07) is 0. The molecule has 5 rings (SSSR count). The molecule has 0 bridgehead atoms. The third-order valence-electron chi connectivity index (χ3n) is 11.0. The summed E-state index contributed by atoms with van der Waals surface area (Å²) in [5, 5.41) is 22.2. The van der Waals surface area contributed by atoms with Crippen LogP contribution in [-0.4, -0.2) is 28.3 Å². The number of fused-ring (bicyclic) bond motifs is 5.